The van der Waals surface area contributed by atoms with Crippen molar-refractivity contribution in [2.45, 2.75) is 11.8 Å². The van der Waals surface area contributed by atoms with Gasteiger partial charge in [-0.15, -0.1) is 0 Å². The molecule has 0 spiro atoms. The van der Waals surface area contributed by atoms with Gasteiger partial charge in [-0.05, 0) is 43.3 Å². The van der Waals surface area contributed by atoms with Crippen molar-refractivity contribution in [2.75, 3.05) is 0 Å². The minimum Gasteiger partial charge on any atom is -0.263 e. The molecule has 0 aromatic heterocycles. The van der Waals surface area contributed by atoms with E-state index in [9.17, 15) is 12.8 Å². The third-order valence-electron chi connectivity index (χ3n) is 2.76. The SMILES string of the molecule is Cc1ccc(S(=O)(=O)O/N=C(/C#N)c2ccc(F)cc2)cc1. The van der Waals surface area contributed by atoms with Crippen molar-refractivity contribution in [3.05, 3.63) is 65.5 Å². The summed E-state index contributed by atoms with van der Waals surface area (Å²) >= 11 is 0. The van der Waals surface area contributed by atoms with Crippen LogP contribution in [0.3, 0.4) is 0 Å². The van der Waals surface area contributed by atoms with E-state index in [4.69, 9.17) is 5.26 Å². The van der Waals surface area contributed by atoms with Crippen molar-refractivity contribution in [2.24, 2.45) is 5.16 Å². The second-order valence-electron chi connectivity index (χ2n) is 4.40. The van der Waals surface area contributed by atoms with E-state index in [1.165, 1.54) is 24.3 Å². The molecule has 2 aromatic rings. The Hall–Kier alpha value is -2.72. The van der Waals surface area contributed by atoms with Gasteiger partial charge in [-0.3, -0.25) is 4.28 Å². The van der Waals surface area contributed by atoms with E-state index in [1.54, 1.807) is 18.2 Å². The van der Waals surface area contributed by atoms with E-state index in [2.05, 4.69) is 9.44 Å². The van der Waals surface area contributed by atoms with E-state index in [0.717, 1.165) is 17.7 Å². The molecule has 0 aliphatic carbocycles. The largest absolute Gasteiger partial charge is 0.358 e. The zero-order chi connectivity index (χ0) is 16.2. The molecule has 0 bridgehead atoms. The Labute approximate surface area is 127 Å². The molecule has 22 heavy (non-hydrogen) atoms. The summed E-state index contributed by atoms with van der Waals surface area (Å²) in [6.07, 6.45) is 0. The first kappa shape index (κ1) is 15.7. The number of hydrogen-bond donors (Lipinski definition) is 0. The van der Waals surface area contributed by atoms with Crippen molar-refractivity contribution in [1.82, 2.24) is 0 Å². The standard InChI is InChI=1S/C15H11FN2O3S/c1-11-2-8-14(9-3-11)22(19,20)21-18-15(10-17)12-4-6-13(16)7-5-12/h2-9H,1H3/b18-15-. The first-order chi connectivity index (χ1) is 10.4. The van der Waals surface area contributed by atoms with Gasteiger partial charge in [0, 0.05) is 5.56 Å². The topological polar surface area (TPSA) is 79.5 Å². The predicted octanol–water partition coefficient (Wildman–Crippen LogP) is 2.77. The van der Waals surface area contributed by atoms with Gasteiger partial charge in [-0.1, -0.05) is 22.9 Å². The lowest BCUT2D eigenvalue weighted by molar-refractivity contribution is 0.339. The average molecular weight is 318 g/mol. The van der Waals surface area contributed by atoms with Crippen molar-refractivity contribution in [3.8, 4) is 6.07 Å². The quantitative estimate of drug-likeness (QED) is 0.641. The number of nitrogens with zero attached hydrogens (tertiary/aromatic N) is 2. The molecule has 0 unspecified atom stereocenters. The highest BCUT2D eigenvalue weighted by Gasteiger charge is 2.16. The molecule has 5 nitrogen and oxygen atoms in total. The molecule has 0 aliphatic rings. The molecule has 0 N–H and O–H groups in total. The summed E-state index contributed by atoms with van der Waals surface area (Å²) in [5.74, 6) is -0.478. The molecule has 7 heteroatoms. The van der Waals surface area contributed by atoms with Crippen LogP contribution in [0.1, 0.15) is 11.1 Å². The zero-order valence-corrected chi connectivity index (χ0v) is 12.3. The van der Waals surface area contributed by atoms with E-state index < -0.39 is 15.9 Å². The third-order valence-corrected chi connectivity index (χ3v) is 3.88. The minimum atomic E-state index is -4.11. The Balaban J connectivity index is 2.26. The minimum absolute atomic E-state index is 0.0711. The molecular formula is C15H11FN2O3S. The summed E-state index contributed by atoms with van der Waals surface area (Å²) in [7, 11) is -4.11. The van der Waals surface area contributed by atoms with Crippen molar-refractivity contribution in [3.63, 3.8) is 0 Å². The maximum absolute atomic E-state index is 12.8. The maximum Gasteiger partial charge on any atom is 0.358 e. The second-order valence-corrected chi connectivity index (χ2v) is 5.93. The lowest BCUT2D eigenvalue weighted by atomic mass is 10.1. The molecule has 0 heterocycles. The molecule has 0 saturated heterocycles. The number of benzene rings is 2. The van der Waals surface area contributed by atoms with Crippen LogP contribution in [0, 0.1) is 24.1 Å². The van der Waals surface area contributed by atoms with E-state index in [1.807, 2.05) is 6.92 Å². The summed E-state index contributed by atoms with van der Waals surface area (Å²) in [5.41, 5.74) is 0.880. The van der Waals surface area contributed by atoms with Gasteiger partial charge in [0.05, 0.1) is 0 Å². The molecule has 0 aliphatic heterocycles. The van der Waals surface area contributed by atoms with Crippen LogP contribution >= 0.6 is 0 Å². The summed E-state index contributed by atoms with van der Waals surface area (Å²) in [6, 6.07) is 12.6. The highest BCUT2D eigenvalue weighted by atomic mass is 32.2. The second kappa shape index (κ2) is 6.37. The molecule has 2 aromatic carbocycles. The Bertz CT molecular complexity index is 836. The van der Waals surface area contributed by atoms with Gasteiger partial charge < -0.3 is 0 Å². The number of hydrogen-bond acceptors (Lipinski definition) is 5. The lowest BCUT2D eigenvalue weighted by Gasteiger charge is -2.03. The van der Waals surface area contributed by atoms with Gasteiger partial charge in [0.2, 0.25) is 0 Å². The maximum atomic E-state index is 12.8. The predicted molar refractivity (Wildman–Crippen MR) is 78.0 cm³/mol. The van der Waals surface area contributed by atoms with Crippen LogP contribution in [-0.2, 0) is 14.4 Å². The first-order valence-corrected chi connectivity index (χ1v) is 7.57. The van der Waals surface area contributed by atoms with E-state index >= 15 is 0 Å². The normalized spacial score (nSPS) is 11.8. The summed E-state index contributed by atoms with van der Waals surface area (Å²) < 4.78 is 41.3. The fourth-order valence-corrected chi connectivity index (χ4v) is 2.31. The van der Waals surface area contributed by atoms with Crippen molar-refractivity contribution >= 4 is 15.8 Å². The van der Waals surface area contributed by atoms with Crippen LogP contribution in [0.15, 0.2) is 58.6 Å². The van der Waals surface area contributed by atoms with E-state index in [-0.39, 0.29) is 16.2 Å². The number of nitriles is 1. The van der Waals surface area contributed by atoms with Gasteiger partial charge in [-0.25, -0.2) is 4.39 Å². The summed E-state index contributed by atoms with van der Waals surface area (Å²) in [5, 5.41) is 12.4. The molecule has 2 rings (SSSR count). The van der Waals surface area contributed by atoms with Gasteiger partial charge in [0.25, 0.3) is 0 Å². The number of aryl methyl sites for hydroxylation is 1. The lowest BCUT2D eigenvalue weighted by Crippen LogP contribution is -2.06. The average Bonchev–Trinajstić information content (AvgIpc) is 2.50. The Morgan fingerprint density at radius 2 is 1.73 bits per heavy atom. The Kier molecular flexibility index (Phi) is 4.53. The Morgan fingerprint density at radius 3 is 2.27 bits per heavy atom. The van der Waals surface area contributed by atoms with Gasteiger partial charge in [0.15, 0.2) is 5.71 Å². The van der Waals surface area contributed by atoms with Crippen molar-refractivity contribution in [1.29, 1.82) is 5.26 Å². The molecule has 112 valence electrons. The number of oxime groups is 1. The van der Waals surface area contributed by atoms with Crippen LogP contribution in [-0.4, -0.2) is 14.1 Å². The van der Waals surface area contributed by atoms with Gasteiger partial charge in [0.1, 0.15) is 16.8 Å². The fourth-order valence-electron chi connectivity index (χ4n) is 1.58. The third kappa shape index (κ3) is 3.68. The highest BCUT2D eigenvalue weighted by molar-refractivity contribution is 7.86. The molecule has 0 atom stereocenters. The molecule has 0 radical (unpaired) electrons. The summed E-state index contributed by atoms with van der Waals surface area (Å²) in [6.45, 7) is 1.82. The van der Waals surface area contributed by atoms with Gasteiger partial charge in [-0.2, -0.15) is 13.7 Å². The van der Waals surface area contributed by atoms with Crippen LogP contribution < -0.4 is 0 Å². The fraction of sp³-hybridized carbons (Fsp3) is 0.0667. The van der Waals surface area contributed by atoms with Crippen LogP contribution in [0.2, 0.25) is 0 Å². The van der Waals surface area contributed by atoms with Crippen LogP contribution in [0.5, 0.6) is 0 Å². The highest BCUT2D eigenvalue weighted by Crippen LogP contribution is 2.14. The van der Waals surface area contributed by atoms with Crippen LogP contribution in [0.4, 0.5) is 4.39 Å². The zero-order valence-electron chi connectivity index (χ0n) is 11.5. The number of rotatable bonds is 4. The smallest absolute Gasteiger partial charge is 0.263 e. The van der Waals surface area contributed by atoms with E-state index in [0.29, 0.717) is 0 Å². The van der Waals surface area contributed by atoms with Crippen molar-refractivity contribution < 1.29 is 17.1 Å². The first-order valence-electron chi connectivity index (χ1n) is 6.17. The summed E-state index contributed by atoms with van der Waals surface area (Å²) in [4.78, 5) is -0.0711. The molecule has 0 fully saturated rings. The number of halogens is 1. The monoisotopic (exact) mass is 318 g/mol. The van der Waals surface area contributed by atoms with Crippen LogP contribution in [0.25, 0.3) is 0 Å². The molecular weight excluding hydrogens is 307 g/mol. The van der Waals surface area contributed by atoms with Gasteiger partial charge >= 0.3 is 10.1 Å². The Morgan fingerprint density at radius 1 is 1.14 bits per heavy atom. The molecule has 0 saturated carbocycles. The molecule has 0 amide bonds.